The Morgan fingerprint density at radius 2 is 1.39 bits per heavy atom. The van der Waals surface area contributed by atoms with Gasteiger partial charge in [0.05, 0.1) is 0 Å². The molecule has 0 atom stereocenters. The van der Waals surface area contributed by atoms with Crippen molar-refractivity contribution in [2.75, 3.05) is 14.1 Å². The fourth-order valence-corrected chi connectivity index (χ4v) is 7.86. The highest BCUT2D eigenvalue weighted by Crippen LogP contribution is 2.45. The monoisotopic (exact) mass is 651 g/mol. The van der Waals surface area contributed by atoms with Gasteiger partial charge >= 0.3 is 0 Å². The first-order chi connectivity index (χ1) is 21.2. The van der Waals surface area contributed by atoms with Gasteiger partial charge in [-0.3, -0.25) is 0 Å². The molecule has 3 heterocycles. The van der Waals surface area contributed by atoms with Crippen molar-refractivity contribution in [2.24, 2.45) is 0 Å². The second kappa shape index (κ2) is 23.9. The van der Waals surface area contributed by atoms with E-state index in [2.05, 4.69) is 82.8 Å². The van der Waals surface area contributed by atoms with Gasteiger partial charge in [0.2, 0.25) is 0 Å². The molecule has 4 rings (SSSR count). The number of rotatable bonds is 10. The standard InChI is InChI=1S/C27H30S3.C7H13N.3C2H6/c1-5-6-7-8-9-21-15-23(30-27(21)20-12-10-19(4)11-13-20)26-17-25-24(29-26)16-22(28-25)14-18(2)3;1-5-6-7(2)8(3)4;3*1-2/h10-17H,5-9H2,1-4H3;5-6H,2H2,1,3-4H3;3*1-2H3/b;6-5-;;;. The van der Waals surface area contributed by atoms with Crippen LogP contribution in [-0.2, 0) is 6.42 Å². The lowest BCUT2D eigenvalue weighted by Gasteiger charge is -2.10. The van der Waals surface area contributed by atoms with Crippen molar-refractivity contribution in [2.45, 2.75) is 108 Å². The minimum absolute atomic E-state index is 1.03. The largest absolute Gasteiger partial charge is 0.378 e. The third-order valence-electron chi connectivity index (χ3n) is 6.26. The van der Waals surface area contributed by atoms with Crippen LogP contribution in [0.25, 0.3) is 35.7 Å². The lowest BCUT2D eigenvalue weighted by atomic mass is 10.0. The second-order valence-electron chi connectivity index (χ2n) is 10.2. The molecule has 0 saturated carbocycles. The van der Waals surface area contributed by atoms with Crippen LogP contribution >= 0.6 is 34.0 Å². The molecule has 244 valence electrons. The van der Waals surface area contributed by atoms with E-state index < -0.39 is 0 Å². The van der Waals surface area contributed by atoms with Crippen molar-refractivity contribution in [3.05, 3.63) is 88.5 Å². The summed E-state index contributed by atoms with van der Waals surface area (Å²) in [5, 5.41) is 0. The summed E-state index contributed by atoms with van der Waals surface area (Å²) < 4.78 is 2.83. The maximum atomic E-state index is 3.78. The minimum atomic E-state index is 1.03. The van der Waals surface area contributed by atoms with Gasteiger partial charge in [-0.25, -0.2) is 0 Å². The van der Waals surface area contributed by atoms with Crippen molar-refractivity contribution in [3.63, 3.8) is 0 Å². The van der Waals surface area contributed by atoms with Gasteiger partial charge in [-0.1, -0.05) is 116 Å². The van der Waals surface area contributed by atoms with E-state index in [1.807, 2.05) is 114 Å². The minimum Gasteiger partial charge on any atom is -0.378 e. The maximum Gasteiger partial charge on any atom is 0.0463 e. The Bertz CT molecular complexity index is 1340. The molecule has 1 aromatic carbocycles. The number of thiophene rings is 3. The molecule has 44 heavy (non-hydrogen) atoms. The molecular formula is C40H61NS3. The SMILES string of the molecule is C=C(/C=C\C)N(C)C.CC.CC.CC.CCCCCCc1cc(-c2cc3sc(C=C(C)C)cc3s2)sc1-c1ccc(C)cc1. The Morgan fingerprint density at radius 3 is 1.89 bits per heavy atom. The number of likely N-dealkylation sites (N-methyl/N-ethyl adjacent to an activating group) is 1. The summed E-state index contributed by atoms with van der Waals surface area (Å²) in [6.45, 7) is 26.5. The van der Waals surface area contributed by atoms with Crippen molar-refractivity contribution in [1.29, 1.82) is 0 Å². The molecule has 0 aliphatic rings. The van der Waals surface area contributed by atoms with Crippen LogP contribution < -0.4 is 0 Å². The highest BCUT2D eigenvalue weighted by molar-refractivity contribution is 7.31. The zero-order valence-electron chi connectivity index (χ0n) is 30.2. The number of nitrogens with zero attached hydrogens (tertiary/aromatic N) is 1. The number of aryl methyl sites for hydroxylation is 2. The maximum absolute atomic E-state index is 3.78. The Kier molecular flexibility index (Phi) is 22.6. The topological polar surface area (TPSA) is 3.24 Å². The van der Waals surface area contributed by atoms with Crippen molar-refractivity contribution in [1.82, 2.24) is 4.90 Å². The van der Waals surface area contributed by atoms with Gasteiger partial charge in [-0.2, -0.15) is 0 Å². The lowest BCUT2D eigenvalue weighted by Crippen LogP contribution is -2.07. The van der Waals surface area contributed by atoms with Crippen LogP contribution in [0.5, 0.6) is 0 Å². The van der Waals surface area contributed by atoms with Gasteiger partial charge < -0.3 is 4.90 Å². The number of unbranched alkanes of at least 4 members (excludes halogenated alkanes) is 3. The Morgan fingerprint density at radius 1 is 0.795 bits per heavy atom. The molecule has 0 spiro atoms. The van der Waals surface area contributed by atoms with Crippen LogP contribution in [0.1, 0.15) is 111 Å². The van der Waals surface area contributed by atoms with Crippen LogP contribution in [-0.4, -0.2) is 19.0 Å². The summed E-state index contributed by atoms with van der Waals surface area (Å²) in [7, 11) is 3.95. The van der Waals surface area contributed by atoms with Crippen LogP contribution in [0, 0.1) is 6.92 Å². The fourth-order valence-electron chi connectivity index (χ4n) is 4.10. The highest BCUT2D eigenvalue weighted by atomic mass is 32.1. The summed E-state index contributed by atoms with van der Waals surface area (Å²) >= 11 is 5.82. The van der Waals surface area contributed by atoms with Crippen molar-refractivity contribution in [3.8, 4) is 20.2 Å². The van der Waals surface area contributed by atoms with E-state index in [1.165, 1.54) is 83.3 Å². The molecule has 0 amide bonds. The zero-order chi connectivity index (χ0) is 33.7. The number of fused-ring (bicyclic) bond motifs is 1. The second-order valence-corrected chi connectivity index (χ2v) is 13.5. The van der Waals surface area contributed by atoms with E-state index in [-0.39, 0.29) is 0 Å². The van der Waals surface area contributed by atoms with E-state index in [4.69, 9.17) is 0 Å². The van der Waals surface area contributed by atoms with Crippen LogP contribution in [0.4, 0.5) is 0 Å². The average Bonchev–Trinajstić information content (AvgIpc) is 3.73. The van der Waals surface area contributed by atoms with Gasteiger partial charge in [0.1, 0.15) is 0 Å². The summed E-state index contributed by atoms with van der Waals surface area (Å²) in [6.07, 6.45) is 12.7. The molecule has 0 fully saturated rings. The van der Waals surface area contributed by atoms with Gasteiger partial charge in [-0.15, -0.1) is 34.0 Å². The summed E-state index contributed by atoms with van der Waals surface area (Å²) in [4.78, 5) is 7.64. The molecule has 4 heteroatoms. The molecule has 0 bridgehead atoms. The third-order valence-corrected chi connectivity index (χ3v) is 9.92. The van der Waals surface area contributed by atoms with E-state index in [9.17, 15) is 0 Å². The van der Waals surface area contributed by atoms with Gasteiger partial charge in [0, 0.05) is 48.7 Å². The number of hydrogen-bond donors (Lipinski definition) is 0. The summed E-state index contributed by atoms with van der Waals surface area (Å²) in [5.41, 5.74) is 6.61. The predicted molar refractivity (Wildman–Crippen MR) is 212 cm³/mol. The van der Waals surface area contributed by atoms with Gasteiger partial charge in [0.25, 0.3) is 0 Å². The molecule has 0 aliphatic carbocycles. The predicted octanol–water partition coefficient (Wildman–Crippen LogP) is 14.9. The first-order valence-corrected chi connectivity index (χ1v) is 19.0. The molecule has 0 unspecified atom stereocenters. The molecule has 0 radical (unpaired) electrons. The highest BCUT2D eigenvalue weighted by Gasteiger charge is 2.15. The zero-order valence-corrected chi connectivity index (χ0v) is 32.6. The Labute approximate surface area is 284 Å². The summed E-state index contributed by atoms with van der Waals surface area (Å²) in [6, 6.07) is 16.3. The van der Waals surface area contributed by atoms with Gasteiger partial charge in [0.15, 0.2) is 0 Å². The van der Waals surface area contributed by atoms with E-state index in [0.717, 1.165) is 5.70 Å². The summed E-state index contributed by atoms with van der Waals surface area (Å²) in [5.74, 6) is 0. The molecule has 0 saturated heterocycles. The van der Waals surface area contributed by atoms with Gasteiger partial charge in [-0.05, 0) is 82.0 Å². The Balaban J connectivity index is 0.00000113. The van der Waals surface area contributed by atoms with Crippen LogP contribution in [0.2, 0.25) is 0 Å². The molecule has 3 aromatic heterocycles. The number of benzene rings is 1. The fraction of sp³-hybridized carbons (Fsp3) is 0.450. The van der Waals surface area contributed by atoms with E-state index in [1.54, 1.807) is 0 Å². The molecule has 1 nitrogen and oxygen atoms in total. The van der Waals surface area contributed by atoms with E-state index >= 15 is 0 Å². The number of allylic oxidation sites excluding steroid dienone is 3. The normalized spacial score (nSPS) is 9.93. The van der Waals surface area contributed by atoms with E-state index in [0.29, 0.717) is 0 Å². The number of hydrogen-bond acceptors (Lipinski definition) is 4. The quantitative estimate of drug-likeness (QED) is 0.122. The first kappa shape index (κ1) is 41.6. The van der Waals surface area contributed by atoms with Crippen LogP contribution in [0.15, 0.2) is 72.5 Å². The molecule has 0 aliphatic heterocycles. The average molecular weight is 652 g/mol. The Hall–Kier alpha value is -2.40. The van der Waals surface area contributed by atoms with Crippen LogP contribution in [0.3, 0.4) is 0 Å². The van der Waals surface area contributed by atoms with Crippen molar-refractivity contribution >= 4 is 49.5 Å². The molecule has 4 aromatic rings. The third kappa shape index (κ3) is 14.1. The van der Waals surface area contributed by atoms with Crippen molar-refractivity contribution < 1.29 is 0 Å². The smallest absolute Gasteiger partial charge is 0.0463 e. The molecule has 0 N–H and O–H groups in total. The first-order valence-electron chi connectivity index (χ1n) is 16.6. The molecular weight excluding hydrogens is 591 g/mol. The lowest BCUT2D eigenvalue weighted by molar-refractivity contribution is 0.532.